The van der Waals surface area contributed by atoms with Gasteiger partial charge in [-0.05, 0) is 24.3 Å². The van der Waals surface area contributed by atoms with E-state index in [1.54, 1.807) is 35.6 Å². The molecule has 1 saturated heterocycles. The third-order valence-electron chi connectivity index (χ3n) is 5.86. The molecule has 1 N–H and O–H groups in total. The molecule has 9 heteroatoms. The minimum atomic E-state index is -0.410. The van der Waals surface area contributed by atoms with Crippen LogP contribution in [0.2, 0.25) is 0 Å². The van der Waals surface area contributed by atoms with Crippen molar-refractivity contribution in [3.05, 3.63) is 59.7 Å². The molecule has 164 valence electrons. The van der Waals surface area contributed by atoms with E-state index in [2.05, 4.69) is 21.2 Å². The van der Waals surface area contributed by atoms with Crippen LogP contribution >= 0.6 is 11.3 Å². The topological polar surface area (TPSA) is 85.8 Å². The summed E-state index contributed by atoms with van der Waals surface area (Å²) < 4.78 is 1.20. The number of fused-ring (bicyclic) bond motifs is 2. The van der Waals surface area contributed by atoms with Gasteiger partial charge in [0, 0.05) is 39.3 Å². The Morgan fingerprint density at radius 1 is 0.938 bits per heavy atom. The highest BCUT2D eigenvalue weighted by atomic mass is 32.1. The van der Waals surface area contributed by atoms with Gasteiger partial charge in [-0.1, -0.05) is 35.6 Å². The minimum Gasteiger partial charge on any atom is -0.353 e. The van der Waals surface area contributed by atoms with E-state index >= 15 is 0 Å². The van der Waals surface area contributed by atoms with Crippen LogP contribution in [0.3, 0.4) is 0 Å². The van der Waals surface area contributed by atoms with Gasteiger partial charge in [0.2, 0.25) is 5.91 Å². The van der Waals surface area contributed by atoms with E-state index in [0.717, 1.165) is 48.3 Å². The molecule has 0 spiro atoms. The number of nitrogens with zero attached hydrogens (tertiary/aromatic N) is 4. The van der Waals surface area contributed by atoms with Gasteiger partial charge in [-0.15, -0.1) is 0 Å². The lowest BCUT2D eigenvalue weighted by Crippen LogP contribution is -2.49. The zero-order valence-electron chi connectivity index (χ0n) is 17.5. The third kappa shape index (κ3) is 3.96. The maximum atomic E-state index is 12.4. The first-order chi connectivity index (χ1) is 15.6. The average Bonchev–Trinajstić information content (AvgIpc) is 3.35. The molecule has 2 aliphatic rings. The van der Waals surface area contributed by atoms with Gasteiger partial charge in [0.25, 0.3) is 11.8 Å². The smallest absolute Gasteiger partial charge is 0.262 e. The Morgan fingerprint density at radius 3 is 2.28 bits per heavy atom. The Balaban J connectivity index is 1.06. The molecule has 0 bridgehead atoms. The number of rotatable bonds is 6. The van der Waals surface area contributed by atoms with Crippen molar-refractivity contribution in [2.75, 3.05) is 50.7 Å². The van der Waals surface area contributed by atoms with Crippen LogP contribution in [-0.4, -0.2) is 78.3 Å². The SMILES string of the molecule is O=C(CN1C(=O)c2ccccc2C1=O)NCCN1CCN(c2nc3ccccc3s2)CC1. The number of imide groups is 1. The van der Waals surface area contributed by atoms with Gasteiger partial charge in [-0.25, -0.2) is 4.98 Å². The van der Waals surface area contributed by atoms with Crippen LogP contribution in [0.5, 0.6) is 0 Å². The first-order valence-corrected chi connectivity index (χ1v) is 11.5. The lowest BCUT2D eigenvalue weighted by Gasteiger charge is -2.34. The minimum absolute atomic E-state index is 0.252. The summed E-state index contributed by atoms with van der Waals surface area (Å²) in [5.41, 5.74) is 1.75. The van der Waals surface area contributed by atoms with Gasteiger partial charge in [0.05, 0.1) is 21.3 Å². The van der Waals surface area contributed by atoms with Crippen molar-refractivity contribution in [1.82, 2.24) is 20.1 Å². The lowest BCUT2D eigenvalue weighted by molar-refractivity contribution is -0.121. The van der Waals surface area contributed by atoms with Gasteiger partial charge < -0.3 is 10.2 Å². The normalized spacial score (nSPS) is 16.6. The van der Waals surface area contributed by atoms with Crippen molar-refractivity contribution < 1.29 is 14.4 Å². The number of piperazine rings is 1. The molecule has 1 aromatic heterocycles. The lowest BCUT2D eigenvalue weighted by atomic mass is 10.1. The highest BCUT2D eigenvalue weighted by Gasteiger charge is 2.36. The summed E-state index contributed by atoms with van der Waals surface area (Å²) in [6, 6.07) is 14.8. The molecule has 2 aromatic carbocycles. The van der Waals surface area contributed by atoms with Crippen LogP contribution in [0.4, 0.5) is 5.13 Å². The van der Waals surface area contributed by atoms with Crippen LogP contribution < -0.4 is 10.2 Å². The number of carbonyl (C=O) groups excluding carboxylic acids is 3. The molecule has 3 aromatic rings. The Hall–Kier alpha value is -3.30. The number of benzene rings is 2. The quantitative estimate of drug-likeness (QED) is 0.578. The summed E-state index contributed by atoms with van der Waals surface area (Å²) in [4.78, 5) is 47.4. The fraction of sp³-hybridized carbons (Fsp3) is 0.304. The summed E-state index contributed by atoms with van der Waals surface area (Å²) in [6.07, 6.45) is 0. The van der Waals surface area contributed by atoms with Crippen LogP contribution in [0.25, 0.3) is 10.2 Å². The van der Waals surface area contributed by atoms with Crippen molar-refractivity contribution in [2.45, 2.75) is 0 Å². The zero-order chi connectivity index (χ0) is 22.1. The van der Waals surface area contributed by atoms with E-state index in [-0.39, 0.29) is 12.5 Å². The van der Waals surface area contributed by atoms with Gasteiger partial charge >= 0.3 is 0 Å². The van der Waals surface area contributed by atoms with E-state index in [1.807, 2.05) is 18.2 Å². The number of anilines is 1. The van der Waals surface area contributed by atoms with Crippen molar-refractivity contribution in [3.8, 4) is 0 Å². The van der Waals surface area contributed by atoms with Gasteiger partial charge in [0.15, 0.2) is 5.13 Å². The zero-order valence-corrected chi connectivity index (χ0v) is 18.3. The molecule has 3 heterocycles. The van der Waals surface area contributed by atoms with Crippen molar-refractivity contribution >= 4 is 44.4 Å². The Bertz CT molecular complexity index is 1120. The molecule has 3 amide bonds. The van der Waals surface area contributed by atoms with Crippen LogP contribution in [0.15, 0.2) is 48.5 Å². The fourth-order valence-electron chi connectivity index (χ4n) is 4.09. The Labute approximate surface area is 189 Å². The summed E-state index contributed by atoms with van der Waals surface area (Å²) in [5.74, 6) is -1.15. The molecule has 0 saturated carbocycles. The highest BCUT2D eigenvalue weighted by Crippen LogP contribution is 2.29. The second kappa shape index (κ2) is 8.68. The summed E-state index contributed by atoms with van der Waals surface area (Å²) in [5, 5.41) is 3.89. The number of hydrogen-bond acceptors (Lipinski definition) is 7. The summed E-state index contributed by atoms with van der Waals surface area (Å²) >= 11 is 1.72. The average molecular weight is 450 g/mol. The Morgan fingerprint density at radius 2 is 1.59 bits per heavy atom. The second-order valence-electron chi connectivity index (χ2n) is 7.88. The predicted octanol–water partition coefficient (Wildman–Crippen LogP) is 1.83. The second-order valence-corrected chi connectivity index (χ2v) is 8.89. The van der Waals surface area contributed by atoms with Crippen molar-refractivity contribution in [3.63, 3.8) is 0 Å². The van der Waals surface area contributed by atoms with E-state index in [4.69, 9.17) is 4.98 Å². The Kier molecular flexibility index (Phi) is 5.59. The standard InChI is InChI=1S/C23H23N5O3S/c29-20(15-28-21(30)16-5-1-2-6-17(16)22(28)31)24-9-10-26-11-13-27(14-12-26)23-25-18-7-3-4-8-19(18)32-23/h1-8H,9-15H2,(H,24,29). The largest absolute Gasteiger partial charge is 0.353 e. The van der Waals surface area contributed by atoms with Gasteiger partial charge in [-0.3, -0.25) is 24.2 Å². The molecular weight excluding hydrogens is 426 g/mol. The number of nitrogens with one attached hydrogen (secondary N) is 1. The molecule has 5 rings (SSSR count). The number of amides is 3. The van der Waals surface area contributed by atoms with E-state index < -0.39 is 11.8 Å². The number of hydrogen-bond donors (Lipinski definition) is 1. The first kappa shape index (κ1) is 20.6. The van der Waals surface area contributed by atoms with E-state index in [1.165, 1.54) is 4.70 Å². The first-order valence-electron chi connectivity index (χ1n) is 10.6. The molecule has 8 nitrogen and oxygen atoms in total. The summed E-state index contributed by atoms with van der Waals surface area (Å²) in [6.45, 7) is 4.52. The van der Waals surface area contributed by atoms with Gasteiger partial charge in [-0.2, -0.15) is 0 Å². The molecular formula is C23H23N5O3S. The summed E-state index contributed by atoms with van der Waals surface area (Å²) in [7, 11) is 0. The number of para-hydroxylation sites is 1. The molecule has 2 aliphatic heterocycles. The highest BCUT2D eigenvalue weighted by molar-refractivity contribution is 7.22. The van der Waals surface area contributed by atoms with E-state index in [0.29, 0.717) is 17.7 Å². The number of aromatic nitrogens is 1. The van der Waals surface area contributed by atoms with Crippen LogP contribution in [0.1, 0.15) is 20.7 Å². The monoisotopic (exact) mass is 449 g/mol. The fourth-order valence-corrected chi connectivity index (χ4v) is 5.11. The number of carbonyl (C=O) groups is 3. The van der Waals surface area contributed by atoms with E-state index in [9.17, 15) is 14.4 Å². The molecule has 0 aliphatic carbocycles. The maximum absolute atomic E-state index is 12.4. The molecule has 32 heavy (non-hydrogen) atoms. The number of thiazole rings is 1. The molecule has 0 atom stereocenters. The third-order valence-corrected chi connectivity index (χ3v) is 6.95. The predicted molar refractivity (Wildman–Crippen MR) is 123 cm³/mol. The van der Waals surface area contributed by atoms with Crippen LogP contribution in [0, 0.1) is 0 Å². The molecule has 0 radical (unpaired) electrons. The van der Waals surface area contributed by atoms with Crippen molar-refractivity contribution in [1.29, 1.82) is 0 Å². The molecule has 1 fully saturated rings. The van der Waals surface area contributed by atoms with Crippen molar-refractivity contribution in [2.24, 2.45) is 0 Å². The molecule has 0 unspecified atom stereocenters. The van der Waals surface area contributed by atoms with Gasteiger partial charge in [0.1, 0.15) is 6.54 Å². The van der Waals surface area contributed by atoms with Crippen LogP contribution in [-0.2, 0) is 4.79 Å². The maximum Gasteiger partial charge on any atom is 0.262 e.